The molecule has 3 rings (SSSR count). The fourth-order valence-corrected chi connectivity index (χ4v) is 4.17. The Morgan fingerprint density at radius 3 is 2.67 bits per heavy atom. The molecule has 0 radical (unpaired) electrons. The van der Waals surface area contributed by atoms with Crippen LogP contribution in [0.5, 0.6) is 0 Å². The highest BCUT2D eigenvalue weighted by Crippen LogP contribution is 2.31. The van der Waals surface area contributed by atoms with Crippen LogP contribution in [-0.2, 0) is 4.74 Å². The van der Waals surface area contributed by atoms with Gasteiger partial charge in [0.15, 0.2) is 5.13 Å². The van der Waals surface area contributed by atoms with Crippen molar-refractivity contribution in [1.29, 1.82) is 0 Å². The van der Waals surface area contributed by atoms with E-state index < -0.39 is 5.60 Å². The van der Waals surface area contributed by atoms with E-state index in [1.807, 2.05) is 26.2 Å². The van der Waals surface area contributed by atoms with Gasteiger partial charge in [0.25, 0.3) is 0 Å². The van der Waals surface area contributed by atoms with Crippen molar-refractivity contribution in [3.05, 3.63) is 35.5 Å². The number of hydrogen-bond acceptors (Lipinski definition) is 5. The van der Waals surface area contributed by atoms with Crippen LogP contribution in [0, 0.1) is 5.82 Å². The second kappa shape index (κ2) is 7.84. The minimum absolute atomic E-state index is 0.0997. The third-order valence-electron chi connectivity index (χ3n) is 4.47. The van der Waals surface area contributed by atoms with Crippen molar-refractivity contribution in [3.63, 3.8) is 0 Å². The Morgan fingerprint density at radius 1 is 1.33 bits per heavy atom. The zero-order chi connectivity index (χ0) is 19.6. The fraction of sp³-hybridized carbons (Fsp3) is 0.500. The van der Waals surface area contributed by atoms with E-state index in [1.54, 1.807) is 23.5 Å². The molecule has 1 aromatic carbocycles. The lowest BCUT2D eigenvalue weighted by Crippen LogP contribution is -2.49. The van der Waals surface area contributed by atoms with Crippen molar-refractivity contribution in [1.82, 2.24) is 10.3 Å². The van der Waals surface area contributed by atoms with E-state index in [-0.39, 0.29) is 24.0 Å². The predicted octanol–water partition coefficient (Wildman–Crippen LogP) is 4.83. The molecule has 1 amide bonds. The van der Waals surface area contributed by atoms with E-state index in [9.17, 15) is 9.18 Å². The van der Waals surface area contributed by atoms with Crippen LogP contribution < -0.4 is 10.2 Å². The van der Waals surface area contributed by atoms with Crippen molar-refractivity contribution in [2.45, 2.75) is 58.2 Å². The summed E-state index contributed by atoms with van der Waals surface area (Å²) in [6.45, 7) is 8.54. The number of ether oxygens (including phenoxy) is 1. The van der Waals surface area contributed by atoms with E-state index in [0.717, 1.165) is 35.8 Å². The highest BCUT2D eigenvalue weighted by Gasteiger charge is 2.29. The lowest BCUT2D eigenvalue weighted by atomic mass is 9.99. The van der Waals surface area contributed by atoms with Crippen molar-refractivity contribution >= 4 is 22.6 Å². The third kappa shape index (κ3) is 5.19. The fourth-order valence-electron chi connectivity index (χ4n) is 3.21. The van der Waals surface area contributed by atoms with Gasteiger partial charge >= 0.3 is 6.09 Å². The Morgan fingerprint density at radius 2 is 2.04 bits per heavy atom. The number of nitrogens with one attached hydrogen (secondary N) is 1. The summed E-state index contributed by atoms with van der Waals surface area (Å²) in [6.07, 6.45) is 1.32. The van der Waals surface area contributed by atoms with E-state index in [0.29, 0.717) is 0 Å². The summed E-state index contributed by atoms with van der Waals surface area (Å²) in [5.41, 5.74) is 1.28. The molecule has 0 spiro atoms. The highest BCUT2D eigenvalue weighted by molar-refractivity contribution is 7.14. The SMILES string of the molecule is CC1CC(NC(=O)OC(C)(C)C)CCN1c1nc(-c2ccc(F)cc2)cs1. The van der Waals surface area contributed by atoms with Crippen LogP contribution in [0.4, 0.5) is 14.3 Å². The first-order chi connectivity index (χ1) is 12.7. The molecular weight excluding hydrogens is 365 g/mol. The first kappa shape index (κ1) is 19.6. The van der Waals surface area contributed by atoms with Crippen molar-refractivity contribution in [2.75, 3.05) is 11.4 Å². The van der Waals surface area contributed by atoms with Crippen molar-refractivity contribution in [3.8, 4) is 11.3 Å². The van der Waals surface area contributed by atoms with E-state index in [2.05, 4.69) is 17.1 Å². The summed E-state index contributed by atoms with van der Waals surface area (Å²) >= 11 is 1.59. The van der Waals surface area contributed by atoms with Gasteiger partial charge in [0.05, 0.1) is 5.69 Å². The molecule has 7 heteroatoms. The summed E-state index contributed by atoms with van der Waals surface area (Å²) in [4.78, 5) is 19.0. The van der Waals surface area contributed by atoms with E-state index in [4.69, 9.17) is 9.72 Å². The molecule has 0 bridgehead atoms. The van der Waals surface area contributed by atoms with E-state index in [1.165, 1.54) is 12.1 Å². The molecule has 5 nitrogen and oxygen atoms in total. The van der Waals surface area contributed by atoms with Crippen LogP contribution in [0.3, 0.4) is 0 Å². The number of benzene rings is 1. The number of hydrogen-bond donors (Lipinski definition) is 1. The standard InChI is InChI=1S/C20H26FN3O2S/c1-13-11-16(22-19(25)26-20(2,3)4)9-10-24(13)18-23-17(12-27-18)14-5-7-15(21)8-6-14/h5-8,12-13,16H,9-11H2,1-4H3,(H,22,25). The quantitative estimate of drug-likeness (QED) is 0.814. The summed E-state index contributed by atoms with van der Waals surface area (Å²) in [5.74, 6) is -0.248. The average molecular weight is 392 g/mol. The number of rotatable bonds is 3. The van der Waals surface area contributed by atoms with Crippen LogP contribution in [0.15, 0.2) is 29.6 Å². The Bertz CT molecular complexity index is 785. The van der Waals surface area contributed by atoms with Gasteiger partial charge in [-0.25, -0.2) is 14.2 Å². The molecule has 1 aliphatic heterocycles. The van der Waals surface area contributed by atoms with E-state index >= 15 is 0 Å². The molecule has 2 unspecified atom stereocenters. The smallest absolute Gasteiger partial charge is 0.407 e. The molecule has 1 aromatic heterocycles. The maximum absolute atomic E-state index is 13.1. The van der Waals surface area contributed by atoms with Crippen molar-refractivity contribution in [2.24, 2.45) is 0 Å². The van der Waals surface area contributed by atoms with Crippen LogP contribution in [0.1, 0.15) is 40.5 Å². The number of halogens is 1. The summed E-state index contributed by atoms with van der Waals surface area (Å²) in [6, 6.07) is 6.74. The molecule has 0 aliphatic carbocycles. The molecular formula is C20H26FN3O2S. The second-order valence-electron chi connectivity index (χ2n) is 7.93. The Balaban J connectivity index is 1.60. The third-order valence-corrected chi connectivity index (χ3v) is 5.35. The monoisotopic (exact) mass is 391 g/mol. The normalized spacial score (nSPS) is 20.4. The molecule has 2 atom stereocenters. The molecule has 1 saturated heterocycles. The van der Waals surface area contributed by atoms with Crippen LogP contribution in [0.2, 0.25) is 0 Å². The molecule has 1 fully saturated rings. The first-order valence-corrected chi connectivity index (χ1v) is 10.1. The molecule has 1 aliphatic rings. The molecule has 2 heterocycles. The minimum atomic E-state index is -0.492. The van der Waals surface area contributed by atoms with Gasteiger partial charge in [-0.3, -0.25) is 0 Å². The number of carbonyl (C=O) groups is 1. The van der Waals surface area contributed by atoms with Crippen LogP contribution in [-0.4, -0.2) is 35.3 Å². The van der Waals surface area contributed by atoms with Crippen LogP contribution in [0.25, 0.3) is 11.3 Å². The van der Waals surface area contributed by atoms with Gasteiger partial charge in [-0.2, -0.15) is 0 Å². The lowest BCUT2D eigenvalue weighted by Gasteiger charge is -2.38. The largest absolute Gasteiger partial charge is 0.444 e. The lowest BCUT2D eigenvalue weighted by molar-refractivity contribution is 0.0494. The number of piperidine rings is 1. The van der Waals surface area contributed by atoms with Gasteiger partial charge in [0.2, 0.25) is 0 Å². The summed E-state index contributed by atoms with van der Waals surface area (Å²) < 4.78 is 18.4. The first-order valence-electron chi connectivity index (χ1n) is 9.19. The molecule has 2 aromatic rings. The van der Waals surface area contributed by atoms with Crippen molar-refractivity contribution < 1.29 is 13.9 Å². The topological polar surface area (TPSA) is 54.5 Å². The van der Waals surface area contributed by atoms with Gasteiger partial charge in [-0.1, -0.05) is 0 Å². The van der Waals surface area contributed by atoms with Gasteiger partial charge in [-0.05, 0) is 64.8 Å². The molecule has 146 valence electrons. The predicted molar refractivity (Wildman–Crippen MR) is 107 cm³/mol. The summed E-state index contributed by atoms with van der Waals surface area (Å²) in [7, 11) is 0. The second-order valence-corrected chi connectivity index (χ2v) is 8.77. The van der Waals surface area contributed by atoms with Gasteiger partial charge in [0, 0.05) is 29.6 Å². The van der Waals surface area contributed by atoms with Gasteiger partial charge < -0.3 is 15.0 Å². The maximum Gasteiger partial charge on any atom is 0.407 e. The zero-order valence-corrected chi connectivity index (χ0v) is 17.0. The molecule has 0 saturated carbocycles. The number of carbonyl (C=O) groups excluding carboxylic acids is 1. The number of aromatic nitrogens is 1. The summed E-state index contributed by atoms with van der Waals surface area (Å²) in [5, 5.41) is 5.93. The molecule has 1 N–H and O–H groups in total. The number of alkyl carbamates (subject to hydrolysis) is 1. The van der Waals surface area contributed by atoms with Gasteiger partial charge in [0.1, 0.15) is 11.4 Å². The number of amides is 1. The van der Waals surface area contributed by atoms with Gasteiger partial charge in [-0.15, -0.1) is 11.3 Å². The maximum atomic E-state index is 13.1. The molecule has 27 heavy (non-hydrogen) atoms. The highest BCUT2D eigenvalue weighted by atomic mass is 32.1. The Labute approximate surface area is 163 Å². The number of thiazole rings is 1. The minimum Gasteiger partial charge on any atom is -0.444 e. The average Bonchev–Trinajstić information content (AvgIpc) is 3.03. The Hall–Kier alpha value is -2.15. The Kier molecular flexibility index (Phi) is 5.69. The van der Waals surface area contributed by atoms with Crippen LogP contribution >= 0.6 is 11.3 Å². The number of anilines is 1. The number of nitrogens with zero attached hydrogens (tertiary/aromatic N) is 2. The zero-order valence-electron chi connectivity index (χ0n) is 16.2.